The summed E-state index contributed by atoms with van der Waals surface area (Å²) >= 11 is 0. The highest BCUT2D eigenvalue weighted by Crippen LogP contribution is 2.25. The van der Waals surface area contributed by atoms with Crippen molar-refractivity contribution in [2.45, 2.75) is 13.8 Å². The molecular weight excluding hydrogens is 464 g/mol. The van der Waals surface area contributed by atoms with Gasteiger partial charge in [-0.15, -0.1) is 0 Å². The number of amides is 4. The molecule has 7 heteroatoms. The van der Waals surface area contributed by atoms with E-state index in [1.165, 1.54) is 0 Å². The lowest BCUT2D eigenvalue weighted by Crippen LogP contribution is -2.42. The summed E-state index contributed by atoms with van der Waals surface area (Å²) in [5, 5.41) is 8.57. The van der Waals surface area contributed by atoms with Gasteiger partial charge in [0, 0.05) is 30.2 Å². The van der Waals surface area contributed by atoms with E-state index in [0.29, 0.717) is 22.8 Å². The molecule has 0 atom stereocenters. The Kier molecular flexibility index (Phi) is 8.39. The zero-order valence-corrected chi connectivity index (χ0v) is 20.9. The van der Waals surface area contributed by atoms with E-state index in [9.17, 15) is 9.59 Å². The Morgan fingerprint density at radius 3 is 2.11 bits per heavy atom. The van der Waals surface area contributed by atoms with Crippen LogP contribution in [-0.2, 0) is 0 Å². The summed E-state index contributed by atoms with van der Waals surface area (Å²) in [6.07, 6.45) is 0. The molecule has 37 heavy (non-hydrogen) atoms. The number of nitrogens with zero attached hydrogens (tertiary/aromatic N) is 1. The number of urea groups is 2. The summed E-state index contributed by atoms with van der Waals surface area (Å²) in [5.41, 5.74) is 4.23. The van der Waals surface area contributed by atoms with E-state index in [1.54, 1.807) is 4.90 Å². The molecule has 0 aromatic heterocycles. The lowest BCUT2D eigenvalue weighted by atomic mass is 10.2. The van der Waals surface area contributed by atoms with Crippen LogP contribution in [0.25, 0.3) is 0 Å². The van der Waals surface area contributed by atoms with Crippen LogP contribution >= 0.6 is 0 Å². The average molecular weight is 495 g/mol. The number of ether oxygens (including phenoxy) is 1. The fourth-order valence-electron chi connectivity index (χ4n) is 3.67. The molecule has 0 unspecified atom stereocenters. The minimum absolute atomic E-state index is 0.251. The molecule has 4 aromatic rings. The van der Waals surface area contributed by atoms with Crippen LogP contribution in [0.5, 0.6) is 11.5 Å². The second kappa shape index (κ2) is 12.3. The molecule has 0 aliphatic heterocycles. The minimum Gasteiger partial charge on any atom is -0.457 e. The molecule has 4 amide bonds. The summed E-state index contributed by atoms with van der Waals surface area (Å²) in [7, 11) is 0. The van der Waals surface area contributed by atoms with Crippen molar-refractivity contribution >= 4 is 29.1 Å². The molecule has 0 spiro atoms. The van der Waals surface area contributed by atoms with Crippen LogP contribution in [0.1, 0.15) is 11.1 Å². The summed E-state index contributed by atoms with van der Waals surface area (Å²) in [5.74, 6) is 1.39. The van der Waals surface area contributed by atoms with Gasteiger partial charge < -0.3 is 20.7 Å². The normalized spacial score (nSPS) is 10.3. The topological polar surface area (TPSA) is 82.7 Å². The van der Waals surface area contributed by atoms with Crippen LogP contribution in [-0.4, -0.2) is 25.2 Å². The van der Waals surface area contributed by atoms with Crippen molar-refractivity contribution in [2.24, 2.45) is 0 Å². The lowest BCUT2D eigenvalue weighted by molar-refractivity contribution is 0.250. The van der Waals surface area contributed by atoms with Crippen molar-refractivity contribution in [3.05, 3.63) is 114 Å². The first kappa shape index (κ1) is 25.3. The highest BCUT2D eigenvalue weighted by atomic mass is 16.5. The Morgan fingerprint density at radius 2 is 1.41 bits per heavy atom. The number of nitrogens with one attached hydrogen (secondary N) is 3. The van der Waals surface area contributed by atoms with Crippen LogP contribution in [0.2, 0.25) is 0 Å². The van der Waals surface area contributed by atoms with Crippen molar-refractivity contribution in [3.63, 3.8) is 0 Å². The Bertz CT molecular complexity index is 1320. The summed E-state index contributed by atoms with van der Waals surface area (Å²) in [6.45, 7) is 4.47. The van der Waals surface area contributed by atoms with Gasteiger partial charge in [0.2, 0.25) is 0 Å². The molecule has 0 bridgehead atoms. The van der Waals surface area contributed by atoms with E-state index in [0.717, 1.165) is 16.9 Å². The number of para-hydroxylation sites is 1. The molecule has 0 fully saturated rings. The largest absolute Gasteiger partial charge is 0.457 e. The predicted molar refractivity (Wildman–Crippen MR) is 149 cm³/mol. The summed E-state index contributed by atoms with van der Waals surface area (Å²) in [6, 6.07) is 31.3. The smallest absolute Gasteiger partial charge is 0.326 e. The Labute approximate surface area is 217 Å². The maximum atomic E-state index is 13.2. The minimum atomic E-state index is -0.337. The molecule has 0 radical (unpaired) electrons. The number of hydrogen-bond acceptors (Lipinski definition) is 3. The van der Waals surface area contributed by atoms with E-state index in [-0.39, 0.29) is 25.2 Å². The molecule has 4 aromatic carbocycles. The lowest BCUT2D eigenvalue weighted by Gasteiger charge is -2.24. The first-order valence-corrected chi connectivity index (χ1v) is 12.1. The van der Waals surface area contributed by atoms with Gasteiger partial charge in [0.25, 0.3) is 0 Å². The number of benzene rings is 4. The molecule has 0 aliphatic carbocycles. The molecule has 4 rings (SSSR count). The number of hydrogen-bond donors (Lipinski definition) is 3. The molecule has 0 aliphatic rings. The molecular formula is C30H30N4O3. The quantitative estimate of drug-likeness (QED) is 0.248. The first-order valence-electron chi connectivity index (χ1n) is 12.1. The standard InChI is InChI=1S/C30H30N4O3/c1-22-11-13-24(14-12-22)33-30(36)34(20-19-31-29(35)32-25-8-6-7-23(2)21-25)26-15-17-28(18-16-26)37-27-9-4-3-5-10-27/h3-18,21H,19-20H2,1-2H3,(H,33,36)(H2,31,32,35). The van der Waals surface area contributed by atoms with E-state index < -0.39 is 0 Å². The average Bonchev–Trinajstić information content (AvgIpc) is 2.89. The van der Waals surface area contributed by atoms with Crippen molar-refractivity contribution in [1.82, 2.24) is 5.32 Å². The van der Waals surface area contributed by atoms with Gasteiger partial charge in [-0.1, -0.05) is 48.0 Å². The van der Waals surface area contributed by atoms with Crippen LogP contribution in [0.4, 0.5) is 26.7 Å². The summed E-state index contributed by atoms with van der Waals surface area (Å²) < 4.78 is 5.87. The van der Waals surface area contributed by atoms with Gasteiger partial charge in [-0.05, 0) is 80.1 Å². The van der Waals surface area contributed by atoms with Crippen molar-refractivity contribution in [1.29, 1.82) is 0 Å². The van der Waals surface area contributed by atoms with Gasteiger partial charge in [0.15, 0.2) is 0 Å². The number of aryl methyl sites for hydroxylation is 2. The van der Waals surface area contributed by atoms with Gasteiger partial charge in [0.05, 0.1) is 0 Å². The third-order valence-electron chi connectivity index (χ3n) is 5.57. The van der Waals surface area contributed by atoms with Gasteiger partial charge in [-0.2, -0.15) is 0 Å². The van der Waals surface area contributed by atoms with Gasteiger partial charge in [-0.25, -0.2) is 9.59 Å². The SMILES string of the molecule is Cc1ccc(NC(=O)N(CCNC(=O)Nc2cccc(C)c2)c2ccc(Oc3ccccc3)cc2)cc1. The molecule has 3 N–H and O–H groups in total. The Morgan fingerprint density at radius 1 is 0.703 bits per heavy atom. The molecule has 7 nitrogen and oxygen atoms in total. The third-order valence-corrected chi connectivity index (χ3v) is 5.57. The molecule has 188 valence electrons. The number of rotatable bonds is 8. The van der Waals surface area contributed by atoms with Gasteiger partial charge >= 0.3 is 12.1 Å². The van der Waals surface area contributed by atoms with Crippen LogP contribution in [0, 0.1) is 13.8 Å². The number of carbonyl (C=O) groups is 2. The second-order valence-corrected chi connectivity index (χ2v) is 8.61. The van der Waals surface area contributed by atoms with Crippen molar-refractivity contribution in [3.8, 4) is 11.5 Å². The maximum Gasteiger partial charge on any atom is 0.326 e. The number of anilines is 3. The fraction of sp³-hybridized carbons (Fsp3) is 0.133. The van der Waals surface area contributed by atoms with Crippen molar-refractivity contribution < 1.29 is 14.3 Å². The predicted octanol–water partition coefficient (Wildman–Crippen LogP) is 6.96. The van der Waals surface area contributed by atoms with Crippen LogP contribution in [0.3, 0.4) is 0 Å². The Hall–Kier alpha value is -4.78. The zero-order valence-electron chi connectivity index (χ0n) is 20.9. The Balaban J connectivity index is 1.43. The third kappa shape index (κ3) is 7.60. The molecule has 0 heterocycles. The van der Waals surface area contributed by atoms with Gasteiger partial charge in [-0.3, -0.25) is 4.90 Å². The number of carbonyl (C=O) groups excluding carboxylic acids is 2. The maximum absolute atomic E-state index is 13.2. The van der Waals surface area contributed by atoms with Crippen molar-refractivity contribution in [2.75, 3.05) is 28.6 Å². The zero-order chi connectivity index (χ0) is 26.0. The second-order valence-electron chi connectivity index (χ2n) is 8.61. The molecule has 0 saturated heterocycles. The monoisotopic (exact) mass is 494 g/mol. The molecule has 0 saturated carbocycles. The van der Waals surface area contributed by atoms with E-state index >= 15 is 0 Å². The van der Waals surface area contributed by atoms with E-state index in [2.05, 4.69) is 16.0 Å². The van der Waals surface area contributed by atoms with Crippen LogP contribution in [0.15, 0.2) is 103 Å². The fourth-order valence-corrected chi connectivity index (χ4v) is 3.67. The van der Waals surface area contributed by atoms with E-state index in [4.69, 9.17) is 4.74 Å². The van der Waals surface area contributed by atoms with E-state index in [1.807, 2.05) is 117 Å². The van der Waals surface area contributed by atoms with Crippen LogP contribution < -0.4 is 25.6 Å². The first-order chi connectivity index (χ1) is 18.0. The highest BCUT2D eigenvalue weighted by molar-refractivity contribution is 6.01. The summed E-state index contributed by atoms with van der Waals surface area (Å²) in [4.78, 5) is 27.2. The highest BCUT2D eigenvalue weighted by Gasteiger charge is 2.17. The van der Waals surface area contributed by atoms with Gasteiger partial charge in [0.1, 0.15) is 11.5 Å².